The van der Waals surface area contributed by atoms with Crippen molar-refractivity contribution in [2.75, 3.05) is 5.32 Å². The van der Waals surface area contributed by atoms with Gasteiger partial charge in [0.05, 0.1) is 5.56 Å². The summed E-state index contributed by atoms with van der Waals surface area (Å²) in [5.74, 6) is -0.873. The average molecular weight is 373 g/mol. The minimum absolute atomic E-state index is 0.373. The van der Waals surface area contributed by atoms with E-state index in [4.69, 9.17) is 4.74 Å². The highest BCUT2D eigenvalue weighted by molar-refractivity contribution is 6.00. The number of nitrogens with one attached hydrogen (secondary N) is 1. The van der Waals surface area contributed by atoms with Gasteiger partial charge in [0.25, 0.3) is 5.91 Å². The molecule has 0 saturated carbocycles. The van der Waals surface area contributed by atoms with Crippen LogP contribution in [0.15, 0.2) is 72.8 Å². The summed E-state index contributed by atoms with van der Waals surface area (Å²) in [5.41, 5.74) is 4.84. The van der Waals surface area contributed by atoms with Crippen LogP contribution in [0, 0.1) is 13.8 Å². The van der Waals surface area contributed by atoms with Crippen LogP contribution in [-0.4, -0.2) is 18.0 Å². The third-order valence-corrected chi connectivity index (χ3v) is 4.54. The highest BCUT2D eigenvalue weighted by Crippen LogP contribution is 2.27. The van der Waals surface area contributed by atoms with Crippen LogP contribution in [0.25, 0.3) is 11.1 Å². The molecule has 0 spiro atoms. The van der Waals surface area contributed by atoms with E-state index < -0.39 is 12.1 Å². The van der Waals surface area contributed by atoms with E-state index in [1.54, 1.807) is 13.0 Å². The zero-order valence-corrected chi connectivity index (χ0v) is 16.2. The molecule has 3 rings (SSSR count). The highest BCUT2D eigenvalue weighted by Gasteiger charge is 2.21. The Hall–Kier alpha value is -3.40. The first kappa shape index (κ1) is 19.4. The lowest BCUT2D eigenvalue weighted by molar-refractivity contribution is -0.123. The Morgan fingerprint density at radius 1 is 0.893 bits per heavy atom. The third-order valence-electron chi connectivity index (χ3n) is 4.54. The summed E-state index contributed by atoms with van der Waals surface area (Å²) in [6, 6.07) is 22.9. The minimum Gasteiger partial charge on any atom is -0.449 e. The van der Waals surface area contributed by atoms with Crippen LogP contribution in [0.4, 0.5) is 5.69 Å². The Morgan fingerprint density at radius 3 is 2.32 bits per heavy atom. The van der Waals surface area contributed by atoms with Crippen molar-refractivity contribution in [1.29, 1.82) is 0 Å². The molecule has 4 heteroatoms. The number of ether oxygens (including phenoxy) is 1. The fraction of sp³-hybridized carbons (Fsp3) is 0.167. The molecule has 0 aliphatic rings. The lowest BCUT2D eigenvalue weighted by Gasteiger charge is -2.16. The number of esters is 1. The number of hydrogen-bond donors (Lipinski definition) is 1. The van der Waals surface area contributed by atoms with E-state index in [1.165, 1.54) is 0 Å². The van der Waals surface area contributed by atoms with Crippen LogP contribution in [0.3, 0.4) is 0 Å². The van der Waals surface area contributed by atoms with E-state index in [1.807, 2.05) is 80.6 Å². The predicted molar refractivity (Wildman–Crippen MR) is 111 cm³/mol. The Bertz CT molecular complexity index is 996. The van der Waals surface area contributed by atoms with Gasteiger partial charge >= 0.3 is 5.97 Å². The summed E-state index contributed by atoms with van der Waals surface area (Å²) in [6.07, 6.45) is -0.920. The lowest BCUT2D eigenvalue weighted by atomic mass is 10.0. The van der Waals surface area contributed by atoms with Gasteiger partial charge in [-0.05, 0) is 44.0 Å². The number of hydrogen-bond acceptors (Lipinski definition) is 3. The minimum atomic E-state index is -0.920. The molecule has 0 aliphatic carbocycles. The molecular weight excluding hydrogens is 350 g/mol. The zero-order valence-electron chi connectivity index (χ0n) is 16.2. The summed E-state index contributed by atoms with van der Waals surface area (Å²) < 4.78 is 5.40. The van der Waals surface area contributed by atoms with Gasteiger partial charge in [0, 0.05) is 11.3 Å². The van der Waals surface area contributed by atoms with Gasteiger partial charge in [-0.25, -0.2) is 4.79 Å². The molecule has 1 N–H and O–H groups in total. The van der Waals surface area contributed by atoms with Crippen molar-refractivity contribution in [2.45, 2.75) is 26.9 Å². The van der Waals surface area contributed by atoms with Crippen molar-refractivity contribution in [2.24, 2.45) is 0 Å². The van der Waals surface area contributed by atoms with Crippen LogP contribution in [-0.2, 0) is 9.53 Å². The van der Waals surface area contributed by atoms with Crippen molar-refractivity contribution >= 4 is 17.6 Å². The smallest absolute Gasteiger partial charge is 0.339 e. The zero-order chi connectivity index (χ0) is 20.1. The molecule has 0 saturated heterocycles. The van der Waals surface area contributed by atoms with E-state index in [2.05, 4.69) is 5.32 Å². The van der Waals surface area contributed by atoms with Crippen LogP contribution < -0.4 is 5.32 Å². The molecule has 142 valence electrons. The van der Waals surface area contributed by atoms with E-state index >= 15 is 0 Å². The second-order valence-electron chi connectivity index (χ2n) is 6.77. The summed E-state index contributed by atoms with van der Waals surface area (Å²) >= 11 is 0. The maximum absolute atomic E-state index is 12.6. The van der Waals surface area contributed by atoms with E-state index in [9.17, 15) is 9.59 Å². The second kappa shape index (κ2) is 8.53. The molecule has 0 heterocycles. The van der Waals surface area contributed by atoms with Gasteiger partial charge in [0.1, 0.15) is 0 Å². The summed E-state index contributed by atoms with van der Waals surface area (Å²) in [5, 5.41) is 2.88. The normalized spacial score (nSPS) is 11.5. The number of anilines is 1. The topological polar surface area (TPSA) is 55.4 Å². The average Bonchev–Trinajstić information content (AvgIpc) is 2.70. The van der Waals surface area contributed by atoms with Gasteiger partial charge in [0.2, 0.25) is 0 Å². The van der Waals surface area contributed by atoms with Gasteiger partial charge < -0.3 is 10.1 Å². The molecule has 3 aromatic rings. The molecule has 0 fully saturated rings. The van der Waals surface area contributed by atoms with Gasteiger partial charge in [-0.15, -0.1) is 0 Å². The second-order valence-corrected chi connectivity index (χ2v) is 6.77. The van der Waals surface area contributed by atoms with Crippen molar-refractivity contribution in [3.8, 4) is 11.1 Å². The monoisotopic (exact) mass is 373 g/mol. The van der Waals surface area contributed by atoms with Crippen molar-refractivity contribution in [3.63, 3.8) is 0 Å². The Balaban J connectivity index is 1.73. The number of benzene rings is 3. The first-order chi connectivity index (χ1) is 13.5. The fourth-order valence-electron chi connectivity index (χ4n) is 2.93. The van der Waals surface area contributed by atoms with Gasteiger partial charge in [0.15, 0.2) is 6.10 Å². The van der Waals surface area contributed by atoms with Crippen LogP contribution in [0.1, 0.15) is 28.4 Å². The maximum atomic E-state index is 12.6. The molecule has 0 unspecified atom stereocenters. The summed E-state index contributed by atoms with van der Waals surface area (Å²) in [6.45, 7) is 5.33. The molecule has 0 aliphatic heterocycles. The Morgan fingerprint density at radius 2 is 1.57 bits per heavy atom. The largest absolute Gasteiger partial charge is 0.449 e. The standard InChI is InChI=1S/C24H23NO3/c1-16-13-14-17(2)21(15-16)24(27)28-18(3)23(26)25-22-12-8-7-11-20(22)19-9-5-4-6-10-19/h4-15,18H,1-3H3,(H,25,26)/t18-/m1/s1. The van der Waals surface area contributed by atoms with Gasteiger partial charge in [-0.2, -0.15) is 0 Å². The number of carbonyl (C=O) groups excluding carboxylic acids is 2. The van der Waals surface area contributed by atoms with E-state index in [0.29, 0.717) is 11.3 Å². The van der Waals surface area contributed by atoms with Gasteiger partial charge in [-0.3, -0.25) is 4.79 Å². The first-order valence-electron chi connectivity index (χ1n) is 9.19. The number of para-hydroxylation sites is 1. The molecule has 0 aromatic heterocycles. The number of amides is 1. The molecular formula is C24H23NO3. The number of rotatable bonds is 5. The molecule has 1 atom stereocenters. The Labute approximate surface area is 165 Å². The lowest BCUT2D eigenvalue weighted by Crippen LogP contribution is -2.30. The van der Waals surface area contributed by atoms with Gasteiger partial charge in [-0.1, -0.05) is 66.2 Å². The SMILES string of the molecule is Cc1ccc(C)c(C(=O)O[C@H](C)C(=O)Nc2ccccc2-c2ccccc2)c1. The maximum Gasteiger partial charge on any atom is 0.339 e. The summed E-state index contributed by atoms with van der Waals surface area (Å²) in [7, 11) is 0. The molecule has 3 aromatic carbocycles. The number of carbonyl (C=O) groups is 2. The molecule has 4 nitrogen and oxygen atoms in total. The van der Waals surface area contributed by atoms with Crippen molar-refractivity contribution in [1.82, 2.24) is 0 Å². The first-order valence-corrected chi connectivity index (χ1v) is 9.19. The molecule has 1 amide bonds. The molecule has 0 radical (unpaired) electrons. The highest BCUT2D eigenvalue weighted by atomic mass is 16.5. The van der Waals surface area contributed by atoms with E-state index in [0.717, 1.165) is 22.3 Å². The summed E-state index contributed by atoms with van der Waals surface area (Å²) in [4.78, 5) is 25.1. The number of aryl methyl sites for hydroxylation is 2. The third kappa shape index (κ3) is 4.46. The Kier molecular flexibility index (Phi) is 5.90. The van der Waals surface area contributed by atoms with Crippen molar-refractivity contribution in [3.05, 3.63) is 89.5 Å². The predicted octanol–water partition coefficient (Wildman–Crippen LogP) is 5.15. The van der Waals surface area contributed by atoms with Crippen molar-refractivity contribution < 1.29 is 14.3 Å². The fourth-order valence-corrected chi connectivity index (χ4v) is 2.93. The van der Waals surface area contributed by atoms with E-state index in [-0.39, 0.29) is 5.91 Å². The van der Waals surface area contributed by atoms with Crippen LogP contribution in [0.2, 0.25) is 0 Å². The molecule has 0 bridgehead atoms. The molecule has 28 heavy (non-hydrogen) atoms. The van der Waals surface area contributed by atoms with Crippen LogP contribution in [0.5, 0.6) is 0 Å². The quantitative estimate of drug-likeness (QED) is 0.629. The van der Waals surface area contributed by atoms with Crippen LogP contribution >= 0.6 is 0 Å².